The molecule has 1 unspecified atom stereocenters. The highest BCUT2D eigenvalue weighted by Gasteiger charge is 2.48. The Morgan fingerprint density at radius 2 is 1.80 bits per heavy atom. The van der Waals surface area contributed by atoms with E-state index in [2.05, 4.69) is 18.5 Å². The van der Waals surface area contributed by atoms with E-state index in [-0.39, 0.29) is 27.9 Å². The Hall–Kier alpha value is -5.42. The van der Waals surface area contributed by atoms with Crippen molar-refractivity contribution >= 4 is 39.9 Å². The second kappa shape index (κ2) is 15.7. The summed E-state index contributed by atoms with van der Waals surface area (Å²) in [5.41, 5.74) is 3.09. The van der Waals surface area contributed by atoms with Crippen molar-refractivity contribution in [3.8, 4) is 17.2 Å². The summed E-state index contributed by atoms with van der Waals surface area (Å²) in [5, 5.41) is 11.8. The van der Waals surface area contributed by atoms with Gasteiger partial charge >= 0.3 is 11.9 Å². The van der Waals surface area contributed by atoms with Crippen LogP contribution in [0, 0.1) is 13.8 Å². The van der Waals surface area contributed by atoms with Gasteiger partial charge in [-0.3, -0.25) is 14.5 Å². The molecule has 0 spiro atoms. The number of hydrogen-bond donors (Lipinski definition) is 1. The smallest absolute Gasteiger partial charge is 0.350 e. The number of benzene rings is 3. The molecule has 11 heteroatoms. The van der Waals surface area contributed by atoms with Crippen LogP contribution in [0.5, 0.6) is 17.2 Å². The number of thiazole rings is 1. The lowest BCUT2D eigenvalue weighted by Gasteiger charge is -2.24. The number of methoxy groups -OCH3 is 1. The second-order valence-corrected chi connectivity index (χ2v) is 12.3. The van der Waals surface area contributed by atoms with Crippen LogP contribution in [0.2, 0.25) is 0 Å². The topological polar surface area (TPSA) is 124 Å². The number of aromatic nitrogens is 1. The molecule has 0 saturated carbocycles. The van der Waals surface area contributed by atoms with Crippen LogP contribution >= 0.6 is 11.3 Å². The van der Waals surface area contributed by atoms with E-state index in [1.54, 1.807) is 49.4 Å². The number of Topliss-reactive ketones (excluding diaryl/α,β-unsaturated/α-hetero) is 1. The molecule has 0 aliphatic carbocycles. The van der Waals surface area contributed by atoms with Crippen molar-refractivity contribution in [3.63, 3.8) is 0 Å². The largest absolute Gasteiger partial charge is 0.507 e. The highest BCUT2D eigenvalue weighted by Crippen LogP contribution is 2.45. The fourth-order valence-electron chi connectivity index (χ4n) is 5.32. The van der Waals surface area contributed by atoms with Gasteiger partial charge in [0.15, 0.2) is 16.6 Å². The van der Waals surface area contributed by atoms with Crippen LogP contribution in [0.25, 0.3) is 5.76 Å². The molecule has 3 aromatic carbocycles. The van der Waals surface area contributed by atoms with E-state index in [9.17, 15) is 19.5 Å². The maximum Gasteiger partial charge on any atom is 0.350 e. The molecule has 1 saturated heterocycles. The van der Waals surface area contributed by atoms with Crippen LogP contribution in [-0.2, 0) is 20.9 Å². The van der Waals surface area contributed by atoms with Gasteiger partial charge in [0.25, 0.3) is 5.78 Å². The molecule has 5 rings (SSSR count). The molecule has 4 aromatic rings. The zero-order valence-electron chi connectivity index (χ0n) is 27.9. The lowest BCUT2D eigenvalue weighted by molar-refractivity contribution is -0.132. The number of aryl methyl sites for hydroxylation is 2. The Kier molecular flexibility index (Phi) is 11.1. The van der Waals surface area contributed by atoms with Gasteiger partial charge in [-0.1, -0.05) is 67.7 Å². The molecule has 0 radical (unpaired) electrons. The first-order valence-corrected chi connectivity index (χ1v) is 16.6. The van der Waals surface area contributed by atoms with Gasteiger partial charge in [-0.2, -0.15) is 0 Å². The minimum atomic E-state index is -1.11. The highest BCUT2D eigenvalue weighted by atomic mass is 32.1. The van der Waals surface area contributed by atoms with E-state index in [0.717, 1.165) is 35.3 Å². The number of nitrogens with zero attached hydrogens (tertiary/aromatic N) is 2. The van der Waals surface area contributed by atoms with Crippen LogP contribution in [-0.4, -0.2) is 48.1 Å². The second-order valence-electron chi connectivity index (χ2n) is 11.3. The van der Waals surface area contributed by atoms with Gasteiger partial charge in [-0.05, 0) is 73.4 Å². The van der Waals surface area contributed by atoms with Crippen molar-refractivity contribution < 1.29 is 38.4 Å². The Morgan fingerprint density at radius 1 is 1.04 bits per heavy atom. The Morgan fingerprint density at radius 3 is 2.49 bits per heavy atom. The number of aliphatic hydroxyl groups excluding tert-OH is 1. The summed E-state index contributed by atoms with van der Waals surface area (Å²) in [7, 11) is 1.50. The predicted molar refractivity (Wildman–Crippen MR) is 187 cm³/mol. The third kappa shape index (κ3) is 7.52. The van der Waals surface area contributed by atoms with Crippen molar-refractivity contribution in [1.29, 1.82) is 0 Å². The zero-order chi connectivity index (χ0) is 35.1. The first kappa shape index (κ1) is 34.9. The number of anilines is 1. The number of unbranched alkanes of at least 4 members (excludes halogenated alkanes) is 1. The molecule has 1 aliphatic heterocycles. The van der Waals surface area contributed by atoms with Crippen molar-refractivity contribution in [2.75, 3.05) is 25.2 Å². The molecule has 1 amide bonds. The number of ether oxygens (including phenoxy) is 4. The Bertz CT molecular complexity index is 1900. The number of rotatable bonds is 14. The third-order valence-corrected chi connectivity index (χ3v) is 9.13. The van der Waals surface area contributed by atoms with Crippen molar-refractivity contribution in [2.45, 2.75) is 46.3 Å². The maximum absolute atomic E-state index is 13.8. The van der Waals surface area contributed by atoms with Gasteiger partial charge in [0.05, 0.1) is 31.0 Å². The summed E-state index contributed by atoms with van der Waals surface area (Å²) in [6.45, 7) is 10.1. The molecule has 2 heterocycles. The quantitative estimate of drug-likeness (QED) is 0.0360. The molecular formula is C38H38N2O8S. The minimum Gasteiger partial charge on any atom is -0.507 e. The molecule has 1 aromatic heterocycles. The molecule has 1 atom stereocenters. The number of hydrogen-bond acceptors (Lipinski definition) is 10. The van der Waals surface area contributed by atoms with Crippen molar-refractivity contribution in [3.05, 3.63) is 118 Å². The van der Waals surface area contributed by atoms with Crippen LogP contribution in [0.4, 0.5) is 5.13 Å². The van der Waals surface area contributed by atoms with Gasteiger partial charge in [0, 0.05) is 5.56 Å². The molecular weight excluding hydrogens is 644 g/mol. The number of carbonyl (C=O) groups is 3. The van der Waals surface area contributed by atoms with E-state index in [1.165, 1.54) is 18.1 Å². The van der Waals surface area contributed by atoms with Crippen molar-refractivity contribution in [2.24, 2.45) is 0 Å². The molecule has 1 fully saturated rings. The van der Waals surface area contributed by atoms with E-state index >= 15 is 0 Å². The zero-order valence-corrected chi connectivity index (χ0v) is 28.7. The molecule has 10 nitrogen and oxygen atoms in total. The van der Waals surface area contributed by atoms with Gasteiger partial charge in [-0.15, -0.1) is 0 Å². The average molecular weight is 683 g/mol. The van der Waals surface area contributed by atoms with E-state index in [4.69, 9.17) is 18.9 Å². The first-order chi connectivity index (χ1) is 23.7. The number of esters is 1. The SMILES string of the molecule is C=CCOC(=O)c1sc(N2C(=O)C(=O)/C(=C(/O)c3ccc(OCc4ccccc4C)cc3)C2c2ccc(OCCCC)c(OC)c2)nc1C. The Labute approximate surface area is 289 Å². The summed E-state index contributed by atoms with van der Waals surface area (Å²) in [5.74, 6) is -1.38. The molecule has 1 aliphatic rings. The highest BCUT2D eigenvalue weighted by molar-refractivity contribution is 7.17. The van der Waals surface area contributed by atoms with Crippen molar-refractivity contribution in [1.82, 2.24) is 4.98 Å². The molecule has 254 valence electrons. The number of ketones is 1. The third-order valence-electron chi connectivity index (χ3n) is 8.00. The van der Waals surface area contributed by atoms with Crippen LogP contribution < -0.4 is 19.1 Å². The van der Waals surface area contributed by atoms with E-state index < -0.39 is 23.7 Å². The van der Waals surface area contributed by atoms with Gasteiger partial charge in [-0.25, -0.2) is 9.78 Å². The fourth-order valence-corrected chi connectivity index (χ4v) is 6.31. The lowest BCUT2D eigenvalue weighted by Crippen LogP contribution is -2.29. The van der Waals surface area contributed by atoms with Gasteiger partial charge < -0.3 is 24.1 Å². The first-order valence-electron chi connectivity index (χ1n) is 15.8. The van der Waals surface area contributed by atoms with Gasteiger partial charge in [0.1, 0.15) is 29.6 Å². The predicted octanol–water partition coefficient (Wildman–Crippen LogP) is 7.50. The van der Waals surface area contributed by atoms with E-state index in [0.29, 0.717) is 47.3 Å². The summed E-state index contributed by atoms with van der Waals surface area (Å²) in [6.07, 6.45) is 3.24. The normalized spacial score (nSPS) is 15.3. The molecule has 49 heavy (non-hydrogen) atoms. The molecule has 1 N–H and O–H groups in total. The van der Waals surface area contributed by atoms with Crippen LogP contribution in [0.15, 0.2) is 85.0 Å². The lowest BCUT2D eigenvalue weighted by atomic mass is 9.95. The monoisotopic (exact) mass is 682 g/mol. The summed E-state index contributed by atoms with van der Waals surface area (Å²) in [4.78, 5) is 46.2. The molecule has 0 bridgehead atoms. The average Bonchev–Trinajstić information content (AvgIpc) is 3.62. The number of carbonyl (C=O) groups excluding carboxylic acids is 3. The summed E-state index contributed by atoms with van der Waals surface area (Å²) >= 11 is 0.919. The maximum atomic E-state index is 13.8. The van der Waals surface area contributed by atoms with E-state index in [1.807, 2.05) is 31.2 Å². The number of amides is 1. The van der Waals surface area contributed by atoms with Crippen LogP contribution in [0.1, 0.15) is 63.4 Å². The fraction of sp³-hybridized carbons (Fsp3) is 0.263. The van der Waals surface area contributed by atoms with Crippen LogP contribution in [0.3, 0.4) is 0 Å². The standard InChI is InChI=1S/C38H38N2O8S/c1-6-8-20-46-29-18-15-26(21-30(29)45-5)32-31(33(41)25-13-16-28(17-14-25)48-22-27-12-10-9-11-23(27)3)34(42)36(43)40(32)38-39-24(4)35(49-38)37(44)47-19-7-2/h7,9-18,21,32,41H,2,6,8,19-20,22H2,1,3-5H3/b33-31+. The summed E-state index contributed by atoms with van der Waals surface area (Å²) < 4.78 is 22.7. The Balaban J connectivity index is 1.56. The minimum absolute atomic E-state index is 0.00177. The summed E-state index contributed by atoms with van der Waals surface area (Å²) in [6, 6.07) is 18.5. The van der Waals surface area contributed by atoms with Gasteiger partial charge in [0.2, 0.25) is 0 Å². The number of aliphatic hydroxyl groups is 1.